The molecule has 0 aliphatic heterocycles. The Morgan fingerprint density at radius 1 is 1.00 bits per heavy atom. The summed E-state index contributed by atoms with van der Waals surface area (Å²) in [6.45, 7) is 15.3. The van der Waals surface area contributed by atoms with Crippen LogP contribution in [0.25, 0.3) is 10.9 Å². The molecular weight excluding hydrogens is 324 g/mol. The first-order valence-corrected chi connectivity index (χ1v) is 11.8. The molecule has 0 spiro atoms. The summed E-state index contributed by atoms with van der Waals surface area (Å²) in [7, 11) is 2.38. The third kappa shape index (κ3) is 3.39. The van der Waals surface area contributed by atoms with E-state index in [1.165, 1.54) is 11.1 Å². The molecule has 0 atom stereocenters. The van der Waals surface area contributed by atoms with E-state index in [0.29, 0.717) is 22.4 Å². The van der Waals surface area contributed by atoms with E-state index in [0.717, 1.165) is 18.4 Å². The van der Waals surface area contributed by atoms with Crippen molar-refractivity contribution in [2.24, 2.45) is 0 Å². The number of phenols is 1. The minimum atomic E-state index is -1.83. The zero-order valence-electron chi connectivity index (χ0n) is 17.3. The molecule has 2 aromatic rings. The smallest absolute Gasteiger partial charge is 0.169 e. The maximum atomic E-state index is 10.6. The Morgan fingerprint density at radius 3 is 2.04 bits per heavy atom. The predicted molar refractivity (Wildman–Crippen MR) is 112 cm³/mol. The van der Waals surface area contributed by atoms with Crippen LogP contribution in [-0.4, -0.2) is 43.1 Å². The third-order valence-corrected chi connectivity index (χ3v) is 12.7. The van der Waals surface area contributed by atoms with E-state index in [1.807, 2.05) is 12.1 Å². The van der Waals surface area contributed by atoms with Gasteiger partial charge in [-0.1, -0.05) is 47.6 Å². The van der Waals surface area contributed by atoms with Gasteiger partial charge in [0.25, 0.3) is 0 Å². The highest BCUT2D eigenvalue weighted by Crippen LogP contribution is 2.45. The second kappa shape index (κ2) is 7.54. The molecule has 2 rings (SSSR count). The summed E-state index contributed by atoms with van der Waals surface area (Å²) in [6, 6.07) is 6.02. The van der Waals surface area contributed by atoms with Crippen LogP contribution in [0, 0.1) is 0 Å². The molecule has 3 nitrogen and oxygen atoms in total. The van der Waals surface area contributed by atoms with Gasteiger partial charge in [-0.15, -0.1) is 0 Å². The monoisotopic (exact) mass is 360 g/mol. The first kappa shape index (κ1) is 20.1. The summed E-state index contributed by atoms with van der Waals surface area (Å²) in [5, 5.41) is 11.7. The van der Waals surface area contributed by atoms with Gasteiger partial charge in [0, 0.05) is 17.4 Å². The number of nitrogens with zero attached hydrogens (tertiary/aromatic N) is 2. The summed E-state index contributed by atoms with van der Waals surface area (Å²) in [6.07, 6.45) is 3.34. The quantitative estimate of drug-likeness (QED) is 0.663. The largest absolute Gasteiger partial charge is 0.507 e. The molecule has 0 aliphatic carbocycles. The van der Waals surface area contributed by atoms with E-state index in [1.54, 1.807) is 0 Å². The molecule has 0 radical (unpaired) electrons. The van der Waals surface area contributed by atoms with Gasteiger partial charge in [-0.2, -0.15) is 0 Å². The molecule has 0 fully saturated rings. The van der Waals surface area contributed by atoms with Crippen LogP contribution in [0.4, 0.5) is 0 Å². The van der Waals surface area contributed by atoms with Gasteiger partial charge in [-0.25, -0.2) is 0 Å². The lowest BCUT2D eigenvalue weighted by atomic mass is 10.1. The van der Waals surface area contributed by atoms with Crippen molar-refractivity contribution in [3.63, 3.8) is 0 Å². The van der Waals surface area contributed by atoms with E-state index in [-0.39, 0.29) is 0 Å². The van der Waals surface area contributed by atoms with Crippen LogP contribution in [0.3, 0.4) is 0 Å². The first-order chi connectivity index (χ1) is 11.6. The Hall–Kier alpha value is -1.26. The molecular formula is C21H36N2OSi. The van der Waals surface area contributed by atoms with E-state index < -0.39 is 8.24 Å². The number of rotatable bonds is 7. The van der Waals surface area contributed by atoms with Crippen molar-refractivity contribution in [1.29, 1.82) is 0 Å². The number of aromatic hydroxyl groups is 1. The molecule has 25 heavy (non-hydrogen) atoms. The van der Waals surface area contributed by atoms with Crippen LogP contribution in [0.2, 0.25) is 16.6 Å². The van der Waals surface area contributed by atoms with Crippen molar-refractivity contribution in [2.75, 3.05) is 20.6 Å². The number of fused-ring (bicyclic) bond motifs is 1. The van der Waals surface area contributed by atoms with Crippen molar-refractivity contribution < 1.29 is 5.11 Å². The standard InChI is InChI=1S/C21H36N2OSi/c1-15(2)25(16(3)4,17(5)6)23-14-18(12-13-22(7)8)21-19(23)10-9-11-20(21)24/h9-11,14-17,24H,12-13H2,1-8H3. The predicted octanol–water partition coefficient (Wildman–Crippen LogP) is 5.47. The maximum Gasteiger partial charge on any atom is 0.169 e. The van der Waals surface area contributed by atoms with Crippen molar-refractivity contribution in [3.8, 4) is 5.75 Å². The highest BCUT2D eigenvalue weighted by Gasteiger charge is 2.46. The fourth-order valence-corrected chi connectivity index (χ4v) is 11.7. The number of aromatic nitrogens is 1. The molecule has 1 N–H and O–H groups in total. The third-order valence-electron chi connectivity index (χ3n) is 5.91. The zero-order chi connectivity index (χ0) is 18.9. The van der Waals surface area contributed by atoms with Gasteiger partial charge in [-0.05, 0) is 61.0 Å². The lowest BCUT2D eigenvalue weighted by Gasteiger charge is -2.44. The van der Waals surface area contributed by atoms with Gasteiger partial charge in [-0.3, -0.25) is 0 Å². The van der Waals surface area contributed by atoms with Crippen LogP contribution in [0.1, 0.15) is 47.1 Å². The van der Waals surface area contributed by atoms with Crippen LogP contribution in [-0.2, 0) is 6.42 Å². The molecule has 1 heterocycles. The lowest BCUT2D eigenvalue weighted by Crippen LogP contribution is -2.51. The van der Waals surface area contributed by atoms with E-state index in [9.17, 15) is 5.11 Å². The van der Waals surface area contributed by atoms with Gasteiger partial charge in [0.15, 0.2) is 8.24 Å². The van der Waals surface area contributed by atoms with Crippen molar-refractivity contribution in [3.05, 3.63) is 30.0 Å². The molecule has 0 saturated carbocycles. The molecule has 0 aliphatic rings. The van der Waals surface area contributed by atoms with E-state index in [2.05, 4.69) is 77.0 Å². The van der Waals surface area contributed by atoms with Gasteiger partial charge >= 0.3 is 0 Å². The highest BCUT2D eigenvalue weighted by atomic mass is 28.3. The molecule has 0 unspecified atom stereocenters. The Kier molecular flexibility index (Phi) is 6.05. The number of phenolic OH excluding ortho intramolecular Hbond substituents is 1. The van der Waals surface area contributed by atoms with Crippen molar-refractivity contribution >= 4 is 19.1 Å². The van der Waals surface area contributed by atoms with Crippen LogP contribution >= 0.6 is 0 Å². The number of hydrogen-bond acceptors (Lipinski definition) is 2. The number of hydrogen-bond donors (Lipinski definition) is 1. The minimum Gasteiger partial charge on any atom is -0.507 e. The summed E-state index contributed by atoms with van der Waals surface area (Å²) in [5.41, 5.74) is 4.39. The molecule has 1 aromatic carbocycles. The molecule has 0 saturated heterocycles. The van der Waals surface area contributed by atoms with Crippen LogP contribution < -0.4 is 0 Å². The Morgan fingerprint density at radius 2 is 1.56 bits per heavy atom. The first-order valence-electron chi connectivity index (χ1n) is 9.61. The Labute approximate surface area is 154 Å². The molecule has 4 heteroatoms. The zero-order valence-corrected chi connectivity index (χ0v) is 18.3. The minimum absolute atomic E-state index is 0.421. The van der Waals surface area contributed by atoms with Crippen molar-refractivity contribution in [2.45, 2.75) is 64.6 Å². The fourth-order valence-electron chi connectivity index (χ4n) is 5.04. The molecule has 1 aromatic heterocycles. The van der Waals surface area contributed by atoms with Gasteiger partial charge in [0.1, 0.15) is 5.75 Å². The molecule has 140 valence electrons. The van der Waals surface area contributed by atoms with E-state index >= 15 is 0 Å². The SMILES string of the molecule is CC(C)[Si](C(C)C)(C(C)C)n1cc(CCN(C)C)c2c(O)cccc21. The molecule has 0 amide bonds. The van der Waals surface area contributed by atoms with Crippen LogP contribution in [0.5, 0.6) is 5.75 Å². The van der Waals surface area contributed by atoms with Gasteiger partial charge in [0.05, 0.1) is 0 Å². The second-order valence-corrected chi connectivity index (χ2v) is 14.3. The van der Waals surface area contributed by atoms with E-state index in [4.69, 9.17) is 0 Å². The topological polar surface area (TPSA) is 28.4 Å². The van der Waals surface area contributed by atoms with Gasteiger partial charge < -0.3 is 14.2 Å². The highest BCUT2D eigenvalue weighted by molar-refractivity contribution is 6.82. The average molecular weight is 361 g/mol. The Balaban J connectivity index is 2.78. The molecule has 0 bridgehead atoms. The summed E-state index contributed by atoms with van der Waals surface area (Å²) in [5.74, 6) is 0.421. The summed E-state index contributed by atoms with van der Waals surface area (Å²) < 4.78 is 2.62. The Bertz CT molecular complexity index is 694. The van der Waals surface area contributed by atoms with Gasteiger partial charge in [0.2, 0.25) is 0 Å². The average Bonchev–Trinajstić information content (AvgIpc) is 2.85. The fraction of sp³-hybridized carbons (Fsp3) is 0.619. The number of likely N-dealkylation sites (N-methyl/N-ethyl adjacent to an activating group) is 1. The summed E-state index contributed by atoms with van der Waals surface area (Å²) in [4.78, 5) is 2.21. The van der Waals surface area contributed by atoms with Crippen LogP contribution in [0.15, 0.2) is 24.4 Å². The lowest BCUT2D eigenvalue weighted by molar-refractivity contribution is 0.414. The number of benzene rings is 1. The summed E-state index contributed by atoms with van der Waals surface area (Å²) >= 11 is 0. The van der Waals surface area contributed by atoms with Crippen molar-refractivity contribution in [1.82, 2.24) is 9.13 Å². The normalized spacial score (nSPS) is 13.1. The second-order valence-electron chi connectivity index (χ2n) is 8.60. The maximum absolute atomic E-state index is 10.6.